The quantitative estimate of drug-likeness (QED) is 0.145. The number of aliphatic hydroxyl groups is 1. The number of para-hydroxylation sites is 2. The van der Waals surface area contributed by atoms with Gasteiger partial charge in [-0.05, 0) is 71.3 Å². The summed E-state index contributed by atoms with van der Waals surface area (Å²) in [6, 6.07) is 37.9. The number of ether oxygens (including phenoxy) is 2. The van der Waals surface area contributed by atoms with E-state index in [1.54, 1.807) is 0 Å². The van der Waals surface area contributed by atoms with Gasteiger partial charge in [0.2, 0.25) is 0 Å². The second kappa shape index (κ2) is 16.1. The number of fused-ring (bicyclic) bond motifs is 1. The zero-order chi connectivity index (χ0) is 35.0. The van der Waals surface area contributed by atoms with E-state index in [9.17, 15) is 9.90 Å². The number of rotatable bonds is 12. The maximum absolute atomic E-state index is 12.9. The third-order valence-corrected chi connectivity index (χ3v) is 9.16. The Balaban J connectivity index is 1.06. The van der Waals surface area contributed by atoms with Crippen LogP contribution in [-0.2, 0) is 29.0 Å². The standard InChI is InChI=1S/C42H41N5O4/c1-47(21-19-35-12-4-5-20-43-35)27-36-24-40(31-17-15-29(28-48)16-18-31)51-42(50-36)34-11-7-10-33(23-34)32-9-6-8-30(22-32)25-45-41(49)39-26-44-37-13-2-3-14-38(37)46-39/h2-18,20,22-23,26,36,40,42,48H,19,21,24-25,27-28H2,1H3,(H,45,49). The van der Waals surface area contributed by atoms with E-state index >= 15 is 0 Å². The van der Waals surface area contributed by atoms with E-state index in [0.29, 0.717) is 18.5 Å². The molecule has 9 heteroatoms. The number of pyridine rings is 1. The van der Waals surface area contributed by atoms with Crippen LogP contribution in [0.2, 0.25) is 0 Å². The molecule has 0 spiro atoms. The highest BCUT2D eigenvalue weighted by atomic mass is 16.7. The predicted molar refractivity (Wildman–Crippen MR) is 196 cm³/mol. The minimum absolute atomic E-state index is 0.000726. The molecule has 9 nitrogen and oxygen atoms in total. The molecule has 1 saturated heterocycles. The van der Waals surface area contributed by atoms with Gasteiger partial charge in [0.05, 0.1) is 36.0 Å². The van der Waals surface area contributed by atoms with Crippen molar-refractivity contribution in [1.29, 1.82) is 0 Å². The minimum Gasteiger partial charge on any atom is -0.392 e. The maximum atomic E-state index is 12.9. The summed E-state index contributed by atoms with van der Waals surface area (Å²) >= 11 is 0. The summed E-state index contributed by atoms with van der Waals surface area (Å²) < 4.78 is 13.3. The highest BCUT2D eigenvalue weighted by Crippen LogP contribution is 2.39. The lowest BCUT2D eigenvalue weighted by atomic mass is 9.98. The lowest BCUT2D eigenvalue weighted by Crippen LogP contribution is -2.38. The Morgan fingerprint density at radius 3 is 2.41 bits per heavy atom. The van der Waals surface area contributed by atoms with Gasteiger partial charge < -0.3 is 24.8 Å². The fourth-order valence-corrected chi connectivity index (χ4v) is 6.39. The van der Waals surface area contributed by atoms with Gasteiger partial charge in [0.15, 0.2) is 6.29 Å². The Kier molecular flexibility index (Phi) is 10.8. The molecule has 0 saturated carbocycles. The van der Waals surface area contributed by atoms with Crippen molar-refractivity contribution in [3.8, 4) is 11.1 Å². The second-order valence-corrected chi connectivity index (χ2v) is 12.9. The second-order valence-electron chi connectivity index (χ2n) is 12.9. The number of nitrogens with one attached hydrogen (secondary N) is 1. The molecule has 3 unspecified atom stereocenters. The van der Waals surface area contributed by atoms with Crippen LogP contribution in [0.1, 0.15) is 57.3 Å². The average Bonchev–Trinajstić information content (AvgIpc) is 3.19. The van der Waals surface area contributed by atoms with Gasteiger partial charge in [0, 0.05) is 49.9 Å². The van der Waals surface area contributed by atoms with Crippen molar-refractivity contribution in [2.75, 3.05) is 20.1 Å². The third kappa shape index (κ3) is 8.71. The molecule has 51 heavy (non-hydrogen) atoms. The number of aliphatic hydroxyl groups excluding tert-OH is 1. The number of amides is 1. The molecular weight excluding hydrogens is 638 g/mol. The van der Waals surface area contributed by atoms with Crippen molar-refractivity contribution >= 4 is 16.9 Å². The molecule has 3 atom stereocenters. The molecule has 0 radical (unpaired) electrons. The number of likely N-dealkylation sites (N-methyl/N-ethyl adjacent to an activating group) is 1. The molecule has 1 aliphatic heterocycles. The molecule has 4 aromatic carbocycles. The number of hydrogen-bond acceptors (Lipinski definition) is 8. The summed E-state index contributed by atoms with van der Waals surface area (Å²) in [5, 5.41) is 12.6. The fourth-order valence-electron chi connectivity index (χ4n) is 6.39. The van der Waals surface area contributed by atoms with Gasteiger partial charge in [-0.25, -0.2) is 4.98 Å². The summed E-state index contributed by atoms with van der Waals surface area (Å²) in [5.74, 6) is -0.273. The van der Waals surface area contributed by atoms with E-state index in [1.807, 2.05) is 91.1 Å². The van der Waals surface area contributed by atoms with Crippen molar-refractivity contribution in [3.05, 3.63) is 161 Å². The van der Waals surface area contributed by atoms with Crippen molar-refractivity contribution in [2.45, 2.75) is 44.5 Å². The molecule has 3 heterocycles. The average molecular weight is 680 g/mol. The largest absolute Gasteiger partial charge is 0.392 e. The SMILES string of the molecule is CN(CCc1ccccn1)CC1CC(c2ccc(CO)cc2)OC(c2cccc(-c3cccc(CNC(=O)c4cnc5ccccc5n4)c3)c2)O1. The van der Waals surface area contributed by atoms with E-state index in [2.05, 4.69) is 62.5 Å². The number of benzene rings is 4. The van der Waals surface area contributed by atoms with Gasteiger partial charge in [-0.3, -0.25) is 14.8 Å². The van der Waals surface area contributed by atoms with Crippen molar-refractivity contribution in [2.24, 2.45) is 0 Å². The molecule has 0 bridgehead atoms. The minimum atomic E-state index is -0.569. The number of aromatic nitrogens is 3. The van der Waals surface area contributed by atoms with Crippen molar-refractivity contribution in [1.82, 2.24) is 25.2 Å². The first kappa shape index (κ1) is 34.1. The summed E-state index contributed by atoms with van der Waals surface area (Å²) in [7, 11) is 2.12. The molecule has 258 valence electrons. The first-order valence-electron chi connectivity index (χ1n) is 17.3. The third-order valence-electron chi connectivity index (χ3n) is 9.16. The van der Waals surface area contributed by atoms with Crippen LogP contribution in [0.4, 0.5) is 0 Å². The van der Waals surface area contributed by atoms with Gasteiger partial charge in [-0.2, -0.15) is 0 Å². The Bertz CT molecular complexity index is 2070. The first-order valence-corrected chi connectivity index (χ1v) is 17.3. The number of hydrogen-bond donors (Lipinski definition) is 2. The molecular formula is C42H41N5O4. The van der Waals surface area contributed by atoms with Crippen LogP contribution in [0.25, 0.3) is 22.2 Å². The van der Waals surface area contributed by atoms with Gasteiger partial charge in [-0.15, -0.1) is 0 Å². The van der Waals surface area contributed by atoms with E-state index in [0.717, 1.165) is 64.1 Å². The van der Waals surface area contributed by atoms with Gasteiger partial charge in [0.25, 0.3) is 5.91 Å². The normalized spacial score (nSPS) is 17.4. The number of carbonyl (C=O) groups is 1. The molecule has 2 N–H and O–H groups in total. The van der Waals surface area contributed by atoms with E-state index < -0.39 is 6.29 Å². The summed E-state index contributed by atoms with van der Waals surface area (Å²) in [6.45, 7) is 1.96. The Morgan fingerprint density at radius 2 is 1.61 bits per heavy atom. The molecule has 7 rings (SSSR count). The van der Waals surface area contributed by atoms with Crippen LogP contribution in [0, 0.1) is 0 Å². The molecule has 6 aromatic rings. The lowest BCUT2D eigenvalue weighted by molar-refractivity contribution is -0.252. The van der Waals surface area contributed by atoms with Crippen molar-refractivity contribution in [3.63, 3.8) is 0 Å². The van der Waals surface area contributed by atoms with Crippen LogP contribution in [0.5, 0.6) is 0 Å². The topological polar surface area (TPSA) is 110 Å². The van der Waals surface area contributed by atoms with Crippen LogP contribution in [-0.4, -0.2) is 57.1 Å². The van der Waals surface area contributed by atoms with Crippen LogP contribution >= 0.6 is 0 Å². The summed E-state index contributed by atoms with van der Waals surface area (Å²) in [4.78, 5) is 28.5. The zero-order valence-electron chi connectivity index (χ0n) is 28.6. The zero-order valence-corrected chi connectivity index (χ0v) is 28.6. The van der Waals surface area contributed by atoms with Gasteiger partial charge in [-0.1, -0.05) is 78.9 Å². The Morgan fingerprint density at radius 1 is 0.824 bits per heavy atom. The predicted octanol–water partition coefficient (Wildman–Crippen LogP) is 6.83. The van der Waals surface area contributed by atoms with Gasteiger partial charge in [0.1, 0.15) is 5.69 Å². The fraction of sp³-hybridized carbons (Fsp3) is 0.238. The van der Waals surface area contributed by atoms with Crippen LogP contribution in [0.3, 0.4) is 0 Å². The monoisotopic (exact) mass is 679 g/mol. The summed E-state index contributed by atoms with van der Waals surface area (Å²) in [5.41, 5.74) is 8.64. The van der Waals surface area contributed by atoms with E-state index in [1.165, 1.54) is 6.20 Å². The lowest BCUT2D eigenvalue weighted by Gasteiger charge is -2.38. The van der Waals surface area contributed by atoms with Crippen LogP contribution < -0.4 is 5.32 Å². The maximum Gasteiger partial charge on any atom is 0.271 e. The molecule has 1 amide bonds. The molecule has 0 aliphatic carbocycles. The number of nitrogens with zero attached hydrogens (tertiary/aromatic N) is 4. The highest BCUT2D eigenvalue weighted by molar-refractivity contribution is 5.93. The molecule has 1 fully saturated rings. The Hall–Kier alpha value is -5.32. The van der Waals surface area contributed by atoms with Crippen molar-refractivity contribution < 1.29 is 19.4 Å². The van der Waals surface area contributed by atoms with E-state index in [-0.39, 0.29) is 30.4 Å². The molecule has 1 aliphatic rings. The first-order chi connectivity index (χ1) is 25.0. The smallest absolute Gasteiger partial charge is 0.271 e. The van der Waals surface area contributed by atoms with Gasteiger partial charge >= 0.3 is 0 Å². The summed E-state index contributed by atoms with van der Waals surface area (Å²) in [6.07, 6.45) is 4.10. The van der Waals surface area contributed by atoms with Crippen LogP contribution in [0.15, 0.2) is 128 Å². The Labute approximate surface area is 298 Å². The molecule has 2 aromatic heterocycles. The number of carbonyl (C=O) groups excluding carboxylic acids is 1. The highest BCUT2D eigenvalue weighted by Gasteiger charge is 2.33. The van der Waals surface area contributed by atoms with E-state index in [4.69, 9.17) is 9.47 Å².